The third-order valence-electron chi connectivity index (χ3n) is 3.67. The molecule has 0 bridgehead atoms. The molecule has 0 aliphatic rings. The molecule has 0 spiro atoms. The Kier molecular flexibility index (Phi) is 4.47. The number of hydrogen-bond acceptors (Lipinski definition) is 1. The van der Waals surface area contributed by atoms with Gasteiger partial charge in [0.2, 0.25) is 0 Å². The van der Waals surface area contributed by atoms with Crippen LogP contribution in [0, 0.1) is 0 Å². The lowest BCUT2D eigenvalue weighted by molar-refractivity contribution is 0.484. The molecule has 0 aliphatic carbocycles. The van der Waals surface area contributed by atoms with Crippen LogP contribution in [-0.2, 0) is 0 Å². The molecule has 0 unspecified atom stereocenters. The summed E-state index contributed by atoms with van der Waals surface area (Å²) in [5.74, 6) is 0. The molecule has 102 valence electrons. The van der Waals surface area contributed by atoms with Gasteiger partial charge in [0.25, 0.3) is 0 Å². The van der Waals surface area contributed by atoms with Gasteiger partial charge in [-0.15, -0.1) is 0 Å². The Labute approximate surface area is 117 Å². The van der Waals surface area contributed by atoms with E-state index in [0.717, 1.165) is 0 Å². The summed E-state index contributed by atoms with van der Waals surface area (Å²) in [6.07, 6.45) is 5.11. The van der Waals surface area contributed by atoms with Crippen LogP contribution in [0.15, 0.2) is 42.5 Å². The molecule has 1 heteroatoms. The zero-order chi connectivity index (χ0) is 13.7. The Morgan fingerprint density at radius 1 is 0.947 bits per heavy atom. The summed E-state index contributed by atoms with van der Waals surface area (Å²) in [6.45, 7) is 6.85. The summed E-state index contributed by atoms with van der Waals surface area (Å²) in [5, 5.41) is 6.34. The van der Waals surface area contributed by atoms with E-state index in [1.807, 2.05) is 0 Å². The van der Waals surface area contributed by atoms with Crippen molar-refractivity contribution in [2.24, 2.45) is 0 Å². The van der Waals surface area contributed by atoms with Crippen LogP contribution in [0.5, 0.6) is 0 Å². The third-order valence-corrected chi connectivity index (χ3v) is 3.67. The first-order valence-electron chi connectivity index (χ1n) is 7.38. The maximum atomic E-state index is 3.72. The van der Waals surface area contributed by atoms with Gasteiger partial charge in [-0.2, -0.15) is 0 Å². The third kappa shape index (κ3) is 3.73. The van der Waals surface area contributed by atoms with Gasteiger partial charge in [0.15, 0.2) is 0 Å². The molecule has 19 heavy (non-hydrogen) atoms. The van der Waals surface area contributed by atoms with Crippen molar-refractivity contribution in [1.29, 1.82) is 0 Å². The van der Waals surface area contributed by atoms with Gasteiger partial charge in [-0.1, -0.05) is 62.6 Å². The lowest BCUT2D eigenvalue weighted by atomic mass is 9.95. The second kappa shape index (κ2) is 6.10. The molecule has 1 N–H and O–H groups in total. The summed E-state index contributed by atoms with van der Waals surface area (Å²) in [6, 6.07) is 15.1. The van der Waals surface area contributed by atoms with E-state index in [4.69, 9.17) is 0 Å². The van der Waals surface area contributed by atoms with E-state index in [1.165, 1.54) is 42.1 Å². The van der Waals surface area contributed by atoms with Crippen molar-refractivity contribution in [3.05, 3.63) is 42.5 Å². The first kappa shape index (κ1) is 13.9. The Morgan fingerprint density at radius 2 is 1.68 bits per heavy atom. The van der Waals surface area contributed by atoms with Gasteiger partial charge in [0.1, 0.15) is 0 Å². The number of fused-ring (bicyclic) bond motifs is 1. The standard InChI is InChI=1S/C18H25N/c1-4-5-8-14-18(2,3)19-17-13-9-11-15-10-6-7-12-16(15)17/h6-7,9-13,19H,4-5,8,14H2,1-3H3. The molecule has 2 rings (SSSR count). The molecule has 0 saturated heterocycles. The van der Waals surface area contributed by atoms with E-state index in [9.17, 15) is 0 Å². The molecule has 0 fully saturated rings. The predicted octanol–water partition coefficient (Wildman–Crippen LogP) is 5.61. The number of anilines is 1. The largest absolute Gasteiger partial charge is 0.380 e. The zero-order valence-corrected chi connectivity index (χ0v) is 12.4. The van der Waals surface area contributed by atoms with Crippen molar-refractivity contribution in [2.75, 3.05) is 5.32 Å². The van der Waals surface area contributed by atoms with E-state index >= 15 is 0 Å². The minimum atomic E-state index is 0.152. The fraction of sp³-hybridized carbons (Fsp3) is 0.444. The summed E-state index contributed by atoms with van der Waals surface area (Å²) >= 11 is 0. The highest BCUT2D eigenvalue weighted by Crippen LogP contribution is 2.27. The van der Waals surface area contributed by atoms with E-state index < -0.39 is 0 Å². The topological polar surface area (TPSA) is 12.0 Å². The lowest BCUT2D eigenvalue weighted by Gasteiger charge is -2.28. The average molecular weight is 255 g/mol. The second-order valence-electron chi connectivity index (χ2n) is 5.99. The number of rotatable bonds is 6. The highest BCUT2D eigenvalue weighted by Gasteiger charge is 2.17. The van der Waals surface area contributed by atoms with Crippen LogP contribution in [0.2, 0.25) is 0 Å². The van der Waals surface area contributed by atoms with Crippen molar-refractivity contribution >= 4 is 16.5 Å². The SMILES string of the molecule is CCCCCC(C)(C)Nc1cccc2ccccc12. The van der Waals surface area contributed by atoms with Crippen molar-refractivity contribution in [2.45, 2.75) is 52.0 Å². The van der Waals surface area contributed by atoms with Gasteiger partial charge in [-0.05, 0) is 31.7 Å². The fourth-order valence-corrected chi connectivity index (χ4v) is 2.58. The zero-order valence-electron chi connectivity index (χ0n) is 12.4. The highest BCUT2D eigenvalue weighted by atomic mass is 15.0. The highest BCUT2D eigenvalue weighted by molar-refractivity contribution is 5.94. The molecule has 0 aromatic heterocycles. The molecule has 0 radical (unpaired) electrons. The summed E-state index contributed by atoms with van der Waals surface area (Å²) in [5.41, 5.74) is 1.40. The second-order valence-corrected chi connectivity index (χ2v) is 5.99. The van der Waals surface area contributed by atoms with Gasteiger partial charge >= 0.3 is 0 Å². The normalized spacial score (nSPS) is 11.7. The number of nitrogens with one attached hydrogen (secondary N) is 1. The van der Waals surface area contributed by atoms with Crippen molar-refractivity contribution in [3.63, 3.8) is 0 Å². The van der Waals surface area contributed by atoms with Crippen LogP contribution in [0.3, 0.4) is 0 Å². The molecule has 0 atom stereocenters. The minimum Gasteiger partial charge on any atom is -0.380 e. The van der Waals surface area contributed by atoms with E-state index in [2.05, 4.69) is 68.6 Å². The summed E-state index contributed by atoms with van der Waals surface area (Å²) < 4.78 is 0. The quantitative estimate of drug-likeness (QED) is 0.661. The minimum absolute atomic E-state index is 0.152. The Hall–Kier alpha value is -1.50. The maximum absolute atomic E-state index is 3.72. The molecule has 0 heterocycles. The van der Waals surface area contributed by atoms with Crippen molar-refractivity contribution < 1.29 is 0 Å². The smallest absolute Gasteiger partial charge is 0.0423 e. The monoisotopic (exact) mass is 255 g/mol. The number of benzene rings is 2. The van der Waals surface area contributed by atoms with E-state index in [1.54, 1.807) is 0 Å². The van der Waals surface area contributed by atoms with Crippen LogP contribution < -0.4 is 5.32 Å². The van der Waals surface area contributed by atoms with Crippen LogP contribution in [0.4, 0.5) is 5.69 Å². The molecule has 2 aromatic rings. The Balaban J connectivity index is 2.16. The van der Waals surface area contributed by atoms with Crippen LogP contribution in [-0.4, -0.2) is 5.54 Å². The number of hydrogen-bond donors (Lipinski definition) is 1. The first-order chi connectivity index (χ1) is 9.12. The molecule has 2 aromatic carbocycles. The van der Waals surface area contributed by atoms with Gasteiger partial charge in [0, 0.05) is 16.6 Å². The van der Waals surface area contributed by atoms with Gasteiger partial charge in [0.05, 0.1) is 0 Å². The van der Waals surface area contributed by atoms with E-state index in [-0.39, 0.29) is 5.54 Å². The lowest BCUT2D eigenvalue weighted by Crippen LogP contribution is -2.30. The van der Waals surface area contributed by atoms with E-state index in [0.29, 0.717) is 0 Å². The summed E-state index contributed by atoms with van der Waals surface area (Å²) in [7, 11) is 0. The van der Waals surface area contributed by atoms with Crippen molar-refractivity contribution in [3.8, 4) is 0 Å². The first-order valence-corrected chi connectivity index (χ1v) is 7.38. The molecular weight excluding hydrogens is 230 g/mol. The Bertz CT molecular complexity index is 523. The van der Waals surface area contributed by atoms with Crippen molar-refractivity contribution in [1.82, 2.24) is 0 Å². The average Bonchev–Trinajstić information content (AvgIpc) is 2.39. The molecule has 0 aliphatic heterocycles. The maximum Gasteiger partial charge on any atom is 0.0423 e. The molecule has 0 saturated carbocycles. The predicted molar refractivity (Wildman–Crippen MR) is 85.8 cm³/mol. The van der Waals surface area contributed by atoms with Gasteiger partial charge < -0.3 is 5.32 Å². The molecule has 1 nitrogen and oxygen atoms in total. The van der Waals surface area contributed by atoms with Gasteiger partial charge in [-0.3, -0.25) is 0 Å². The van der Waals surface area contributed by atoms with Crippen LogP contribution in [0.1, 0.15) is 46.5 Å². The molecular formula is C18H25N. The van der Waals surface area contributed by atoms with Crippen LogP contribution >= 0.6 is 0 Å². The number of unbranched alkanes of at least 4 members (excludes halogenated alkanes) is 2. The fourth-order valence-electron chi connectivity index (χ4n) is 2.58. The molecule has 0 amide bonds. The Morgan fingerprint density at radius 3 is 2.47 bits per heavy atom. The van der Waals surface area contributed by atoms with Gasteiger partial charge in [-0.25, -0.2) is 0 Å². The summed E-state index contributed by atoms with van der Waals surface area (Å²) in [4.78, 5) is 0. The van der Waals surface area contributed by atoms with Crippen LogP contribution in [0.25, 0.3) is 10.8 Å².